The van der Waals surface area contributed by atoms with Gasteiger partial charge in [-0.1, -0.05) is 30.3 Å². The molecule has 1 aromatic heterocycles. The van der Waals surface area contributed by atoms with Crippen LogP contribution in [0.3, 0.4) is 0 Å². The number of hydrogen-bond acceptors (Lipinski definition) is 4. The van der Waals surface area contributed by atoms with E-state index in [9.17, 15) is 9.90 Å². The van der Waals surface area contributed by atoms with Crippen LogP contribution < -0.4 is 5.32 Å². The number of benzene rings is 1. The number of amides is 1. The number of aryl methyl sites for hydroxylation is 2. The number of carbonyl (C=O) groups is 1. The van der Waals surface area contributed by atoms with Gasteiger partial charge in [0.2, 0.25) is 0 Å². The van der Waals surface area contributed by atoms with Crippen LogP contribution in [0.25, 0.3) is 0 Å². The highest BCUT2D eigenvalue weighted by Crippen LogP contribution is 2.19. The van der Waals surface area contributed by atoms with Gasteiger partial charge in [-0.2, -0.15) is 0 Å². The number of nitrogens with zero attached hydrogens (tertiary/aromatic N) is 1. The molecule has 0 unspecified atom stereocenters. The maximum absolute atomic E-state index is 12.2. The molecule has 2 aromatic rings. The van der Waals surface area contributed by atoms with E-state index in [1.807, 2.05) is 44.2 Å². The lowest BCUT2D eigenvalue weighted by Gasteiger charge is -2.16. The van der Waals surface area contributed by atoms with Gasteiger partial charge in [0.15, 0.2) is 0 Å². The second kappa shape index (κ2) is 5.95. The topological polar surface area (TPSA) is 62.2 Å². The molecule has 1 atom stereocenters. The second-order valence-electron chi connectivity index (χ2n) is 4.27. The minimum absolute atomic E-state index is 0.132. The first-order valence-corrected chi connectivity index (χ1v) is 6.84. The van der Waals surface area contributed by atoms with E-state index in [2.05, 4.69) is 10.3 Å². The van der Waals surface area contributed by atoms with Crippen LogP contribution in [0.1, 0.15) is 32.0 Å². The number of thiazole rings is 1. The van der Waals surface area contributed by atoms with Gasteiger partial charge in [0.1, 0.15) is 4.88 Å². The van der Waals surface area contributed by atoms with Gasteiger partial charge in [0, 0.05) is 0 Å². The third kappa shape index (κ3) is 3.19. The predicted molar refractivity (Wildman–Crippen MR) is 75.3 cm³/mol. The zero-order valence-corrected chi connectivity index (χ0v) is 11.7. The van der Waals surface area contributed by atoms with Crippen molar-refractivity contribution in [1.82, 2.24) is 10.3 Å². The van der Waals surface area contributed by atoms with Crippen LogP contribution in [0.4, 0.5) is 0 Å². The number of hydrogen-bond donors (Lipinski definition) is 2. The average molecular weight is 276 g/mol. The molecular formula is C14H16N2O2S. The first-order chi connectivity index (χ1) is 9.11. The van der Waals surface area contributed by atoms with Gasteiger partial charge < -0.3 is 10.4 Å². The molecule has 0 radical (unpaired) electrons. The molecule has 0 aliphatic carbocycles. The van der Waals surface area contributed by atoms with E-state index in [0.717, 1.165) is 16.3 Å². The van der Waals surface area contributed by atoms with Gasteiger partial charge in [0.05, 0.1) is 23.4 Å². The van der Waals surface area contributed by atoms with Crippen LogP contribution >= 0.6 is 11.3 Å². The Morgan fingerprint density at radius 3 is 2.58 bits per heavy atom. The molecule has 0 bridgehead atoms. The van der Waals surface area contributed by atoms with E-state index in [4.69, 9.17) is 0 Å². The summed E-state index contributed by atoms with van der Waals surface area (Å²) in [6, 6.07) is 9.03. The molecule has 2 rings (SSSR count). The predicted octanol–water partition coefficient (Wildman–Crippen LogP) is 2.22. The molecule has 0 saturated heterocycles. The lowest BCUT2D eigenvalue weighted by molar-refractivity contribution is 0.0919. The van der Waals surface area contributed by atoms with Gasteiger partial charge in [-0.3, -0.25) is 4.79 Å². The van der Waals surface area contributed by atoms with Gasteiger partial charge >= 0.3 is 0 Å². The number of rotatable bonds is 4. The van der Waals surface area contributed by atoms with Crippen molar-refractivity contribution in [3.8, 4) is 0 Å². The van der Waals surface area contributed by atoms with Crippen LogP contribution in [0.5, 0.6) is 0 Å². The zero-order valence-electron chi connectivity index (χ0n) is 10.9. The van der Waals surface area contributed by atoms with Crippen molar-refractivity contribution in [2.24, 2.45) is 0 Å². The van der Waals surface area contributed by atoms with Crippen LogP contribution in [-0.2, 0) is 0 Å². The molecule has 0 fully saturated rings. The van der Waals surface area contributed by atoms with E-state index < -0.39 is 6.04 Å². The SMILES string of the molecule is Cc1nc(C)c(C(=O)N[C@H](CO)c2ccccc2)s1. The quantitative estimate of drug-likeness (QED) is 0.900. The van der Waals surface area contributed by atoms with Crippen molar-refractivity contribution in [3.05, 3.63) is 51.5 Å². The maximum Gasteiger partial charge on any atom is 0.263 e. The normalized spacial score (nSPS) is 12.2. The van der Waals surface area contributed by atoms with Crippen LogP contribution in [0.15, 0.2) is 30.3 Å². The van der Waals surface area contributed by atoms with E-state index in [1.165, 1.54) is 11.3 Å². The van der Waals surface area contributed by atoms with Crippen molar-refractivity contribution in [2.75, 3.05) is 6.61 Å². The van der Waals surface area contributed by atoms with Gasteiger partial charge in [-0.25, -0.2) is 4.98 Å². The summed E-state index contributed by atoms with van der Waals surface area (Å²) in [6.45, 7) is 3.55. The van der Waals surface area contributed by atoms with Crippen LogP contribution in [0.2, 0.25) is 0 Å². The summed E-state index contributed by atoms with van der Waals surface area (Å²) in [7, 11) is 0. The molecule has 0 aliphatic rings. The molecule has 19 heavy (non-hydrogen) atoms. The van der Waals surface area contributed by atoms with E-state index in [-0.39, 0.29) is 12.5 Å². The van der Waals surface area contributed by atoms with Crippen molar-refractivity contribution >= 4 is 17.2 Å². The fraction of sp³-hybridized carbons (Fsp3) is 0.286. The second-order valence-corrected chi connectivity index (χ2v) is 5.47. The van der Waals surface area contributed by atoms with Crippen molar-refractivity contribution < 1.29 is 9.90 Å². The third-order valence-corrected chi connectivity index (χ3v) is 3.87. The Balaban J connectivity index is 2.15. The highest BCUT2D eigenvalue weighted by molar-refractivity contribution is 7.13. The Morgan fingerprint density at radius 1 is 1.37 bits per heavy atom. The number of aliphatic hydroxyl groups is 1. The fourth-order valence-electron chi connectivity index (χ4n) is 1.89. The maximum atomic E-state index is 12.2. The van der Waals surface area contributed by atoms with E-state index in [1.54, 1.807) is 0 Å². The standard InChI is InChI=1S/C14H16N2O2S/c1-9-13(19-10(2)15-9)14(18)16-12(8-17)11-6-4-3-5-7-11/h3-7,12,17H,8H2,1-2H3,(H,16,18)/t12-/m1/s1. The molecule has 100 valence electrons. The molecule has 4 nitrogen and oxygen atoms in total. The van der Waals surface area contributed by atoms with Crippen molar-refractivity contribution in [2.45, 2.75) is 19.9 Å². The zero-order chi connectivity index (χ0) is 13.8. The van der Waals surface area contributed by atoms with Crippen molar-refractivity contribution in [3.63, 3.8) is 0 Å². The van der Waals surface area contributed by atoms with E-state index >= 15 is 0 Å². The number of aliphatic hydroxyl groups excluding tert-OH is 1. The summed E-state index contributed by atoms with van der Waals surface area (Å²) in [5, 5.41) is 13.1. The fourth-order valence-corrected chi connectivity index (χ4v) is 2.71. The molecule has 1 amide bonds. The largest absolute Gasteiger partial charge is 0.394 e. The minimum atomic E-state index is -0.393. The highest BCUT2D eigenvalue weighted by Gasteiger charge is 2.18. The Hall–Kier alpha value is -1.72. The summed E-state index contributed by atoms with van der Waals surface area (Å²) in [5.74, 6) is -0.189. The minimum Gasteiger partial charge on any atom is -0.394 e. The molecule has 5 heteroatoms. The molecule has 1 aromatic carbocycles. The Morgan fingerprint density at radius 2 is 2.05 bits per heavy atom. The lowest BCUT2D eigenvalue weighted by Crippen LogP contribution is -2.30. The number of aromatic nitrogens is 1. The van der Waals surface area contributed by atoms with Crippen LogP contribution in [-0.4, -0.2) is 22.6 Å². The Bertz CT molecular complexity index is 566. The molecule has 0 aliphatic heterocycles. The first kappa shape index (κ1) is 13.7. The molecule has 0 saturated carbocycles. The Kier molecular flexibility index (Phi) is 4.29. The smallest absolute Gasteiger partial charge is 0.263 e. The molecular weight excluding hydrogens is 260 g/mol. The lowest BCUT2D eigenvalue weighted by atomic mass is 10.1. The molecule has 0 spiro atoms. The van der Waals surface area contributed by atoms with Gasteiger partial charge in [-0.15, -0.1) is 11.3 Å². The summed E-state index contributed by atoms with van der Waals surface area (Å²) < 4.78 is 0. The summed E-state index contributed by atoms with van der Waals surface area (Å²) in [6.07, 6.45) is 0. The summed E-state index contributed by atoms with van der Waals surface area (Å²) in [4.78, 5) is 17.0. The van der Waals surface area contributed by atoms with Crippen LogP contribution in [0, 0.1) is 13.8 Å². The molecule has 1 heterocycles. The summed E-state index contributed by atoms with van der Waals surface area (Å²) >= 11 is 1.37. The Labute approximate surface area is 116 Å². The van der Waals surface area contributed by atoms with Gasteiger partial charge in [0.25, 0.3) is 5.91 Å². The summed E-state index contributed by atoms with van der Waals surface area (Å²) in [5.41, 5.74) is 1.61. The van der Waals surface area contributed by atoms with Crippen molar-refractivity contribution in [1.29, 1.82) is 0 Å². The number of nitrogens with one attached hydrogen (secondary N) is 1. The third-order valence-electron chi connectivity index (χ3n) is 2.80. The monoisotopic (exact) mass is 276 g/mol. The van der Waals surface area contributed by atoms with E-state index in [0.29, 0.717) is 4.88 Å². The first-order valence-electron chi connectivity index (χ1n) is 6.02. The number of carbonyl (C=O) groups excluding carboxylic acids is 1. The molecule has 2 N–H and O–H groups in total. The highest BCUT2D eigenvalue weighted by atomic mass is 32.1. The average Bonchev–Trinajstić information content (AvgIpc) is 2.76. The van der Waals surface area contributed by atoms with Gasteiger partial charge in [-0.05, 0) is 19.4 Å².